The summed E-state index contributed by atoms with van der Waals surface area (Å²) in [5.74, 6) is 1.17. The van der Waals surface area contributed by atoms with Crippen molar-refractivity contribution < 1.29 is 0 Å². The minimum Gasteiger partial charge on any atom is -0.361 e. The van der Waals surface area contributed by atoms with Gasteiger partial charge in [0.2, 0.25) is 0 Å². The Morgan fingerprint density at radius 2 is 2.24 bits per heavy atom. The monoisotopic (exact) mass is 274 g/mol. The highest BCUT2D eigenvalue weighted by atomic mass is 32.2. The van der Waals surface area contributed by atoms with Gasteiger partial charge in [-0.25, -0.2) is 0 Å². The van der Waals surface area contributed by atoms with Crippen LogP contribution in [0.1, 0.15) is 40.5 Å². The Bertz CT molecular complexity index is 259. The van der Waals surface area contributed by atoms with Crippen LogP contribution in [0.15, 0.2) is 4.99 Å². The maximum atomic E-state index is 4.63. The van der Waals surface area contributed by atoms with E-state index in [1.54, 1.807) is 0 Å². The van der Waals surface area contributed by atoms with Gasteiger partial charge in [-0.3, -0.25) is 4.99 Å². The maximum Gasteiger partial charge on any atom is 0.157 e. The number of thioether (sulfide) groups is 2. The molecule has 100 valence electrons. The molecule has 0 bridgehead atoms. The Morgan fingerprint density at radius 3 is 2.76 bits per heavy atom. The van der Waals surface area contributed by atoms with Crippen LogP contribution in [0.3, 0.4) is 0 Å². The Hall–Kier alpha value is 0.170. The van der Waals surface area contributed by atoms with E-state index in [1.807, 2.05) is 23.5 Å². The third kappa shape index (κ3) is 6.05. The predicted molar refractivity (Wildman–Crippen MR) is 83.3 cm³/mol. The topological polar surface area (TPSA) is 24.4 Å². The van der Waals surface area contributed by atoms with Crippen molar-refractivity contribution in [2.45, 2.75) is 51.8 Å². The minimum absolute atomic E-state index is 0.409. The van der Waals surface area contributed by atoms with Gasteiger partial charge in [0, 0.05) is 17.0 Å². The first-order chi connectivity index (χ1) is 7.94. The lowest BCUT2D eigenvalue weighted by Crippen LogP contribution is -2.34. The molecule has 2 nitrogen and oxygen atoms in total. The molecule has 0 spiro atoms. The SMILES string of the molecule is CCC(CSC)NC1=NCC(CC(C)(C)C)S1. The van der Waals surface area contributed by atoms with Crippen LogP contribution in [0.2, 0.25) is 0 Å². The first kappa shape index (κ1) is 15.2. The number of aliphatic imine (C=N–C) groups is 1. The molecule has 2 unspecified atom stereocenters. The summed E-state index contributed by atoms with van der Waals surface area (Å²) in [6.07, 6.45) is 4.58. The van der Waals surface area contributed by atoms with Crippen LogP contribution in [0.4, 0.5) is 0 Å². The zero-order chi connectivity index (χ0) is 12.9. The molecule has 4 heteroatoms. The zero-order valence-corrected chi connectivity index (χ0v) is 13.4. The van der Waals surface area contributed by atoms with E-state index in [0.717, 1.165) is 6.54 Å². The van der Waals surface area contributed by atoms with Crippen molar-refractivity contribution in [1.82, 2.24) is 5.32 Å². The Labute approximate surface area is 115 Å². The van der Waals surface area contributed by atoms with Gasteiger partial charge >= 0.3 is 0 Å². The van der Waals surface area contributed by atoms with Crippen LogP contribution in [0.5, 0.6) is 0 Å². The summed E-state index contributed by atoms with van der Waals surface area (Å²) in [6, 6.07) is 0.574. The summed E-state index contributed by atoms with van der Waals surface area (Å²) in [4.78, 5) is 4.63. The van der Waals surface area contributed by atoms with Crippen molar-refractivity contribution in [1.29, 1.82) is 0 Å². The Kier molecular flexibility index (Phi) is 6.21. The van der Waals surface area contributed by atoms with Gasteiger partial charge in [-0.05, 0) is 24.5 Å². The first-order valence-corrected chi connectivity index (χ1v) is 8.68. The van der Waals surface area contributed by atoms with Crippen molar-refractivity contribution in [3.8, 4) is 0 Å². The summed E-state index contributed by atoms with van der Waals surface area (Å²) in [5, 5.41) is 5.41. The molecule has 0 aromatic rings. The highest BCUT2D eigenvalue weighted by molar-refractivity contribution is 8.14. The number of nitrogens with one attached hydrogen (secondary N) is 1. The van der Waals surface area contributed by atoms with E-state index in [9.17, 15) is 0 Å². The standard InChI is InChI=1S/C13H26N2S2/c1-6-10(9-16-5)15-12-14-8-11(17-12)7-13(2,3)4/h10-11H,6-9H2,1-5H3,(H,14,15). The van der Waals surface area contributed by atoms with E-state index in [-0.39, 0.29) is 0 Å². The molecule has 1 heterocycles. The van der Waals surface area contributed by atoms with E-state index >= 15 is 0 Å². The van der Waals surface area contributed by atoms with Crippen molar-refractivity contribution >= 4 is 28.7 Å². The largest absolute Gasteiger partial charge is 0.361 e. The molecule has 0 amide bonds. The summed E-state index contributed by atoms with van der Waals surface area (Å²) < 4.78 is 0. The summed E-state index contributed by atoms with van der Waals surface area (Å²) in [7, 11) is 0. The molecule has 0 aromatic heterocycles. The Balaban J connectivity index is 2.34. The molecule has 0 saturated heterocycles. The van der Waals surface area contributed by atoms with E-state index in [0.29, 0.717) is 16.7 Å². The van der Waals surface area contributed by atoms with E-state index in [1.165, 1.54) is 23.8 Å². The first-order valence-electron chi connectivity index (χ1n) is 6.41. The van der Waals surface area contributed by atoms with E-state index < -0.39 is 0 Å². The molecular weight excluding hydrogens is 248 g/mol. The van der Waals surface area contributed by atoms with Gasteiger partial charge in [0.25, 0.3) is 0 Å². The van der Waals surface area contributed by atoms with Crippen molar-refractivity contribution in [2.75, 3.05) is 18.6 Å². The molecule has 0 radical (unpaired) electrons. The fraction of sp³-hybridized carbons (Fsp3) is 0.923. The fourth-order valence-corrected chi connectivity index (χ4v) is 4.08. The van der Waals surface area contributed by atoms with Gasteiger partial charge in [0.15, 0.2) is 5.17 Å². The van der Waals surface area contributed by atoms with Gasteiger partial charge in [0.05, 0.1) is 6.54 Å². The lowest BCUT2D eigenvalue weighted by Gasteiger charge is -2.22. The third-order valence-electron chi connectivity index (χ3n) is 2.75. The quantitative estimate of drug-likeness (QED) is 0.828. The second-order valence-corrected chi connectivity index (χ2v) is 8.06. The van der Waals surface area contributed by atoms with Gasteiger partial charge in [-0.2, -0.15) is 11.8 Å². The molecule has 2 atom stereocenters. The van der Waals surface area contributed by atoms with E-state index in [4.69, 9.17) is 0 Å². The summed E-state index contributed by atoms with van der Waals surface area (Å²) >= 11 is 3.84. The second-order valence-electron chi connectivity index (χ2n) is 5.86. The van der Waals surface area contributed by atoms with E-state index in [2.05, 4.69) is 44.3 Å². The molecule has 0 saturated carbocycles. The molecule has 17 heavy (non-hydrogen) atoms. The smallest absolute Gasteiger partial charge is 0.157 e. The van der Waals surface area contributed by atoms with Crippen LogP contribution in [-0.2, 0) is 0 Å². The van der Waals surface area contributed by atoms with Crippen LogP contribution in [-0.4, -0.2) is 35.0 Å². The predicted octanol–water partition coefficient (Wildman–Crippen LogP) is 3.63. The molecule has 0 aliphatic carbocycles. The molecule has 1 rings (SSSR count). The van der Waals surface area contributed by atoms with Gasteiger partial charge in [-0.1, -0.05) is 39.5 Å². The molecule has 1 aliphatic heterocycles. The number of nitrogens with zero attached hydrogens (tertiary/aromatic N) is 1. The van der Waals surface area contributed by atoms with Gasteiger partial charge in [0.1, 0.15) is 0 Å². The fourth-order valence-electron chi connectivity index (χ4n) is 1.92. The van der Waals surface area contributed by atoms with Gasteiger partial charge < -0.3 is 5.32 Å². The van der Waals surface area contributed by atoms with Crippen molar-refractivity contribution in [3.63, 3.8) is 0 Å². The number of amidine groups is 1. The normalized spacial score (nSPS) is 22.4. The molecule has 1 N–H and O–H groups in total. The third-order valence-corrected chi connectivity index (χ3v) is 4.60. The highest BCUT2D eigenvalue weighted by Gasteiger charge is 2.25. The minimum atomic E-state index is 0.409. The summed E-state index contributed by atoms with van der Waals surface area (Å²) in [5.41, 5.74) is 0.409. The maximum absolute atomic E-state index is 4.63. The second kappa shape index (κ2) is 6.93. The molecule has 0 aromatic carbocycles. The van der Waals surface area contributed by atoms with Crippen molar-refractivity contribution in [3.05, 3.63) is 0 Å². The lowest BCUT2D eigenvalue weighted by molar-refractivity contribution is 0.375. The van der Waals surface area contributed by atoms with Crippen molar-refractivity contribution in [2.24, 2.45) is 10.4 Å². The van der Waals surface area contributed by atoms with Crippen LogP contribution >= 0.6 is 23.5 Å². The van der Waals surface area contributed by atoms with Crippen LogP contribution in [0.25, 0.3) is 0 Å². The van der Waals surface area contributed by atoms with Crippen LogP contribution in [0, 0.1) is 5.41 Å². The number of hydrogen-bond acceptors (Lipinski definition) is 4. The molecular formula is C13H26N2S2. The molecule has 0 fully saturated rings. The summed E-state index contributed by atoms with van der Waals surface area (Å²) in [6.45, 7) is 10.1. The lowest BCUT2D eigenvalue weighted by atomic mass is 9.90. The molecule has 1 aliphatic rings. The van der Waals surface area contributed by atoms with Crippen LogP contribution < -0.4 is 5.32 Å². The number of hydrogen-bond donors (Lipinski definition) is 1. The average Bonchev–Trinajstić information content (AvgIpc) is 2.62. The zero-order valence-electron chi connectivity index (χ0n) is 11.7. The highest BCUT2D eigenvalue weighted by Crippen LogP contribution is 2.31. The average molecular weight is 274 g/mol. The number of rotatable bonds is 5. The Morgan fingerprint density at radius 1 is 1.53 bits per heavy atom. The van der Waals surface area contributed by atoms with Gasteiger partial charge in [-0.15, -0.1) is 0 Å².